The molecule has 0 radical (unpaired) electrons. The average molecular weight is 314 g/mol. The van der Waals surface area contributed by atoms with E-state index in [4.69, 9.17) is 0 Å². The van der Waals surface area contributed by atoms with Gasteiger partial charge in [0.05, 0.1) is 0 Å². The van der Waals surface area contributed by atoms with Gasteiger partial charge in [-0.15, -0.1) is 0 Å². The lowest BCUT2D eigenvalue weighted by molar-refractivity contribution is 0.401. The molecule has 0 heterocycles. The second-order valence-electron chi connectivity index (χ2n) is 7.06. The van der Waals surface area contributed by atoms with Crippen LogP contribution in [0.25, 0.3) is 0 Å². The van der Waals surface area contributed by atoms with Crippen LogP contribution < -0.4 is 0 Å². The van der Waals surface area contributed by atoms with E-state index in [2.05, 4.69) is 26.5 Å². The number of rotatable bonds is 6. The molecule has 0 saturated carbocycles. The molecule has 1 aliphatic rings. The lowest BCUT2D eigenvalue weighted by atomic mass is 9.67. The maximum absolute atomic E-state index is 10.7. The maximum Gasteiger partial charge on any atom is 0.123 e. The van der Waals surface area contributed by atoms with Gasteiger partial charge in [0.1, 0.15) is 11.5 Å². The fraction of sp³-hybridized carbons (Fsp3) is 0.524. The van der Waals surface area contributed by atoms with E-state index in [1.165, 1.54) is 18.4 Å². The molecule has 1 aromatic carbocycles. The summed E-state index contributed by atoms with van der Waals surface area (Å²) < 4.78 is 0. The van der Waals surface area contributed by atoms with E-state index in [0.29, 0.717) is 5.56 Å². The Balaban J connectivity index is 2.45. The van der Waals surface area contributed by atoms with Gasteiger partial charge in [0, 0.05) is 11.0 Å². The van der Waals surface area contributed by atoms with Crippen molar-refractivity contribution in [3.8, 4) is 11.5 Å². The number of benzene rings is 1. The summed E-state index contributed by atoms with van der Waals surface area (Å²) >= 11 is 0. The Kier molecular flexibility index (Phi) is 5.56. The molecular weight excluding hydrogens is 284 g/mol. The molecule has 0 aliphatic heterocycles. The number of aromatic hydroxyl groups is 2. The molecule has 0 unspecified atom stereocenters. The zero-order valence-electron chi connectivity index (χ0n) is 14.8. The zero-order chi connectivity index (χ0) is 17.0. The van der Waals surface area contributed by atoms with Crippen molar-refractivity contribution in [2.75, 3.05) is 0 Å². The first-order valence-corrected chi connectivity index (χ1v) is 8.80. The topological polar surface area (TPSA) is 40.5 Å². The van der Waals surface area contributed by atoms with Crippen LogP contribution in [-0.4, -0.2) is 10.2 Å². The van der Waals surface area contributed by atoms with Gasteiger partial charge < -0.3 is 10.2 Å². The lowest BCUT2D eigenvalue weighted by Gasteiger charge is -2.37. The summed E-state index contributed by atoms with van der Waals surface area (Å²) in [4.78, 5) is 0. The van der Waals surface area contributed by atoms with Crippen LogP contribution in [-0.2, 0) is 11.8 Å². The second kappa shape index (κ2) is 7.25. The van der Waals surface area contributed by atoms with Crippen LogP contribution >= 0.6 is 0 Å². The van der Waals surface area contributed by atoms with Gasteiger partial charge in [-0.2, -0.15) is 0 Å². The van der Waals surface area contributed by atoms with Gasteiger partial charge in [-0.05, 0) is 63.6 Å². The molecule has 0 saturated heterocycles. The fourth-order valence-electron chi connectivity index (χ4n) is 3.81. The highest BCUT2D eigenvalue weighted by Crippen LogP contribution is 2.49. The first-order valence-electron chi connectivity index (χ1n) is 8.80. The third-order valence-corrected chi connectivity index (χ3v) is 5.07. The third-order valence-electron chi connectivity index (χ3n) is 5.07. The molecule has 0 bridgehead atoms. The van der Waals surface area contributed by atoms with Gasteiger partial charge in [-0.3, -0.25) is 0 Å². The summed E-state index contributed by atoms with van der Waals surface area (Å²) in [5, 5.41) is 21.3. The Morgan fingerprint density at radius 2 is 1.87 bits per heavy atom. The van der Waals surface area contributed by atoms with E-state index in [9.17, 15) is 10.2 Å². The molecule has 0 amide bonds. The van der Waals surface area contributed by atoms with Crippen molar-refractivity contribution in [3.05, 3.63) is 47.1 Å². The monoisotopic (exact) mass is 314 g/mol. The molecule has 0 aromatic heterocycles. The summed E-state index contributed by atoms with van der Waals surface area (Å²) in [6.45, 7) is 10.4. The van der Waals surface area contributed by atoms with Crippen LogP contribution in [0.4, 0.5) is 0 Å². The maximum atomic E-state index is 10.7. The van der Waals surface area contributed by atoms with Gasteiger partial charge >= 0.3 is 0 Å². The number of aryl methyl sites for hydroxylation is 1. The van der Waals surface area contributed by atoms with Gasteiger partial charge in [0.25, 0.3) is 0 Å². The SMILES string of the molecule is C=C(C)[C@]1(c2c(O)cc(CCCCC)cc2O)C=C(C)CCC1. The average Bonchev–Trinajstić information content (AvgIpc) is 2.46. The predicted octanol–water partition coefficient (Wildman–Crippen LogP) is 5.77. The van der Waals surface area contributed by atoms with Crippen molar-refractivity contribution in [1.82, 2.24) is 0 Å². The Labute approximate surface area is 140 Å². The van der Waals surface area contributed by atoms with E-state index < -0.39 is 5.41 Å². The molecular formula is C21H30O2. The standard InChI is InChI=1S/C21H30O2/c1-5-6-7-10-17-12-18(22)20(19(23)13-17)21(15(2)3)11-8-9-16(4)14-21/h12-14,22-23H,2,5-11H2,1,3-4H3/t21-/m1/s1. The Morgan fingerprint density at radius 1 is 1.22 bits per heavy atom. The summed E-state index contributed by atoms with van der Waals surface area (Å²) in [5.74, 6) is 0.399. The molecule has 2 rings (SSSR count). The van der Waals surface area contributed by atoms with Crippen molar-refractivity contribution in [1.29, 1.82) is 0 Å². The first kappa shape index (κ1) is 17.7. The molecule has 23 heavy (non-hydrogen) atoms. The van der Waals surface area contributed by atoms with E-state index >= 15 is 0 Å². The smallest absolute Gasteiger partial charge is 0.123 e. The Hall–Kier alpha value is -1.70. The second-order valence-corrected chi connectivity index (χ2v) is 7.06. The van der Waals surface area contributed by atoms with E-state index in [1.807, 2.05) is 19.1 Å². The van der Waals surface area contributed by atoms with Crippen molar-refractivity contribution < 1.29 is 10.2 Å². The molecule has 2 N–H and O–H groups in total. The van der Waals surface area contributed by atoms with Gasteiger partial charge in [0.2, 0.25) is 0 Å². The number of phenols is 2. The quantitative estimate of drug-likeness (QED) is 0.516. The number of phenolic OH excluding ortho intramolecular Hbond substituents is 2. The van der Waals surface area contributed by atoms with Crippen LogP contribution in [0.2, 0.25) is 0 Å². The molecule has 2 heteroatoms. The number of hydrogen-bond acceptors (Lipinski definition) is 2. The molecule has 2 nitrogen and oxygen atoms in total. The molecule has 126 valence electrons. The minimum atomic E-state index is -0.446. The van der Waals surface area contributed by atoms with Gasteiger partial charge in [-0.1, -0.05) is 43.6 Å². The van der Waals surface area contributed by atoms with Crippen molar-refractivity contribution in [2.24, 2.45) is 0 Å². The molecule has 0 fully saturated rings. The minimum absolute atomic E-state index is 0.199. The fourth-order valence-corrected chi connectivity index (χ4v) is 3.81. The normalized spacial score (nSPS) is 21.1. The summed E-state index contributed by atoms with van der Waals surface area (Å²) in [6, 6.07) is 3.65. The summed E-state index contributed by atoms with van der Waals surface area (Å²) in [6.07, 6.45) is 9.50. The Bertz CT molecular complexity index is 589. The van der Waals surface area contributed by atoms with Crippen LogP contribution in [0.5, 0.6) is 11.5 Å². The molecule has 1 aliphatic carbocycles. The van der Waals surface area contributed by atoms with E-state index in [1.54, 1.807) is 0 Å². The first-order chi connectivity index (χ1) is 10.9. The predicted molar refractivity (Wildman–Crippen MR) is 97.1 cm³/mol. The third kappa shape index (κ3) is 3.63. The van der Waals surface area contributed by atoms with Crippen LogP contribution in [0.1, 0.15) is 70.4 Å². The molecule has 1 atom stereocenters. The number of allylic oxidation sites excluding steroid dienone is 3. The van der Waals surface area contributed by atoms with Crippen molar-refractivity contribution in [3.63, 3.8) is 0 Å². The zero-order valence-corrected chi connectivity index (χ0v) is 14.8. The lowest BCUT2D eigenvalue weighted by Crippen LogP contribution is -2.28. The van der Waals surface area contributed by atoms with Crippen molar-refractivity contribution in [2.45, 2.75) is 71.1 Å². The number of unbranched alkanes of at least 4 members (excludes halogenated alkanes) is 2. The van der Waals surface area contributed by atoms with E-state index in [0.717, 1.165) is 43.2 Å². The van der Waals surface area contributed by atoms with Gasteiger partial charge in [0.15, 0.2) is 0 Å². The Morgan fingerprint density at radius 3 is 2.39 bits per heavy atom. The van der Waals surface area contributed by atoms with Crippen molar-refractivity contribution >= 4 is 0 Å². The summed E-state index contributed by atoms with van der Waals surface area (Å²) in [5.41, 5.74) is 3.46. The highest BCUT2D eigenvalue weighted by molar-refractivity contribution is 5.57. The van der Waals surface area contributed by atoms with Crippen LogP contribution in [0.3, 0.4) is 0 Å². The van der Waals surface area contributed by atoms with Crippen LogP contribution in [0.15, 0.2) is 35.9 Å². The molecule has 0 spiro atoms. The minimum Gasteiger partial charge on any atom is -0.507 e. The van der Waals surface area contributed by atoms with Gasteiger partial charge in [-0.25, -0.2) is 0 Å². The van der Waals surface area contributed by atoms with Crippen LogP contribution in [0, 0.1) is 0 Å². The number of hydrogen-bond donors (Lipinski definition) is 2. The van der Waals surface area contributed by atoms with E-state index in [-0.39, 0.29) is 11.5 Å². The molecule has 1 aromatic rings. The largest absolute Gasteiger partial charge is 0.507 e. The highest BCUT2D eigenvalue weighted by Gasteiger charge is 2.37. The summed E-state index contributed by atoms with van der Waals surface area (Å²) in [7, 11) is 0. The highest BCUT2D eigenvalue weighted by atomic mass is 16.3.